The average Bonchev–Trinajstić information content (AvgIpc) is 2.83. The zero-order valence-electron chi connectivity index (χ0n) is 9.63. The lowest BCUT2D eigenvalue weighted by atomic mass is 10.3. The highest BCUT2D eigenvalue weighted by atomic mass is 31.0. The summed E-state index contributed by atoms with van der Waals surface area (Å²) in [5, 5.41) is 21.5. The van der Waals surface area contributed by atoms with E-state index in [2.05, 4.69) is 27.7 Å². The Hall–Kier alpha value is 1.23. The Balaban J connectivity index is 0.000000187. The van der Waals surface area contributed by atoms with Crippen LogP contribution in [-0.2, 0) is 0 Å². The maximum Gasteiger partial charge on any atom is 0.631 e. The summed E-state index contributed by atoms with van der Waals surface area (Å²) in [6.07, 6.45) is 8.69. The quantitative estimate of drug-likeness (QED) is 0.460. The van der Waals surface area contributed by atoms with E-state index in [-0.39, 0.29) is 0 Å². The Bertz CT molecular complexity index is 136. The van der Waals surface area contributed by atoms with Gasteiger partial charge in [0.05, 0.1) is 0 Å². The third-order valence-corrected chi connectivity index (χ3v) is 3.87. The molecule has 0 aromatic heterocycles. The van der Waals surface area contributed by atoms with E-state index in [1.165, 1.54) is 38.5 Å². The van der Waals surface area contributed by atoms with Gasteiger partial charge in [0.1, 0.15) is 0 Å². The van der Waals surface area contributed by atoms with Crippen LogP contribution in [-0.4, -0.2) is 39.4 Å². The van der Waals surface area contributed by atoms with Gasteiger partial charge in [0.15, 0.2) is 0 Å². The summed E-state index contributed by atoms with van der Waals surface area (Å²) in [6.45, 7) is 0. The fourth-order valence-corrected chi connectivity index (χ4v) is 0.866. The predicted molar refractivity (Wildman–Crippen MR) is 80.6 cm³/mol. The summed E-state index contributed by atoms with van der Waals surface area (Å²) < 4.78 is 0. The van der Waals surface area contributed by atoms with Crippen molar-refractivity contribution in [1.29, 1.82) is 0 Å². The lowest BCUT2D eigenvalue weighted by molar-refractivity contribution is 0.278. The van der Waals surface area contributed by atoms with Gasteiger partial charge >= 0.3 is 7.32 Å². The minimum atomic E-state index is -2.17. The second-order valence-electron chi connectivity index (χ2n) is 4.36. The normalized spacial score (nSPS) is 21.4. The van der Waals surface area contributed by atoms with Crippen molar-refractivity contribution in [3.63, 3.8) is 0 Å². The van der Waals surface area contributed by atoms with Crippen molar-refractivity contribution in [3.8, 4) is 0 Å². The zero-order chi connectivity index (χ0) is 12.6. The molecule has 3 aliphatic carbocycles. The van der Waals surface area contributed by atoms with Crippen LogP contribution < -0.4 is 0 Å². The Kier molecular flexibility index (Phi) is 11.0. The summed E-state index contributed by atoms with van der Waals surface area (Å²) in [5.74, 6) is 0. The summed E-state index contributed by atoms with van der Waals surface area (Å²) in [7, 11) is 6.14. The first-order valence-corrected chi connectivity index (χ1v) is 7.72. The molecule has 0 aromatic carbocycles. The van der Waals surface area contributed by atoms with Crippen LogP contribution in [0.5, 0.6) is 0 Å². The molecule has 0 aromatic rings. The Labute approximate surface area is 106 Å². The van der Waals surface area contributed by atoms with Gasteiger partial charge in [0.25, 0.3) is 0 Å². The van der Waals surface area contributed by atoms with Gasteiger partial charge in [-0.1, -0.05) is 0 Å². The molecule has 3 rings (SSSR count). The molecule has 0 saturated heterocycles. The first-order valence-electron chi connectivity index (χ1n) is 5.72. The molecule has 0 bridgehead atoms. The van der Waals surface area contributed by atoms with E-state index in [9.17, 15) is 0 Å². The zero-order valence-corrected chi connectivity index (χ0v) is 13.1. The van der Waals surface area contributed by atoms with Gasteiger partial charge in [-0.05, 0) is 55.5 Å². The van der Waals surface area contributed by atoms with Crippen molar-refractivity contribution in [2.45, 2.75) is 55.5 Å². The molecular weight excluding hydrogens is 260 g/mol. The van der Waals surface area contributed by atoms with Gasteiger partial charge in [-0.25, -0.2) is 0 Å². The standard InChI is InChI=1S/3C3H7P.BH3O3/c3*4-3-1-2-3;2-1(3)4/h3*3H,1-2,4H2;2-4H. The van der Waals surface area contributed by atoms with E-state index in [0.29, 0.717) is 0 Å². The molecule has 96 valence electrons. The summed E-state index contributed by atoms with van der Waals surface area (Å²) in [5.41, 5.74) is 3.00. The highest BCUT2D eigenvalue weighted by Gasteiger charge is 2.13. The van der Waals surface area contributed by atoms with Crippen LogP contribution >= 0.6 is 27.7 Å². The van der Waals surface area contributed by atoms with Crippen LogP contribution in [0.3, 0.4) is 0 Å². The van der Waals surface area contributed by atoms with Crippen LogP contribution in [0.4, 0.5) is 0 Å². The van der Waals surface area contributed by atoms with Crippen molar-refractivity contribution >= 4 is 35.0 Å². The topological polar surface area (TPSA) is 60.7 Å². The number of hydrogen-bond acceptors (Lipinski definition) is 3. The third-order valence-electron chi connectivity index (χ3n) is 1.87. The van der Waals surface area contributed by atoms with Gasteiger partial charge in [-0.15, -0.1) is 27.7 Å². The largest absolute Gasteiger partial charge is 0.631 e. The Morgan fingerprint density at radius 1 is 0.625 bits per heavy atom. The van der Waals surface area contributed by atoms with E-state index in [1.54, 1.807) is 0 Å². The molecule has 0 amide bonds. The van der Waals surface area contributed by atoms with Crippen LogP contribution in [0.1, 0.15) is 38.5 Å². The molecule has 3 aliphatic rings. The SMILES string of the molecule is OB(O)O.PC1CC1.PC1CC1.PC1CC1. The van der Waals surface area contributed by atoms with E-state index < -0.39 is 7.32 Å². The maximum atomic E-state index is 7.17. The molecule has 0 spiro atoms. The maximum absolute atomic E-state index is 7.17. The summed E-state index contributed by atoms with van der Waals surface area (Å²) in [4.78, 5) is 0. The summed E-state index contributed by atoms with van der Waals surface area (Å²) in [6, 6.07) is 0. The molecule has 0 aliphatic heterocycles. The van der Waals surface area contributed by atoms with E-state index in [0.717, 1.165) is 17.0 Å². The molecule has 3 atom stereocenters. The Morgan fingerprint density at radius 3 is 0.688 bits per heavy atom. The summed E-state index contributed by atoms with van der Waals surface area (Å²) >= 11 is 0. The molecular formula is C9H24BO3P3. The molecule has 0 heterocycles. The number of hydrogen-bond donors (Lipinski definition) is 3. The van der Waals surface area contributed by atoms with Crippen molar-refractivity contribution in [2.75, 3.05) is 0 Å². The smallest absolute Gasteiger partial charge is 0.402 e. The van der Waals surface area contributed by atoms with E-state index >= 15 is 0 Å². The number of rotatable bonds is 0. The molecule has 0 radical (unpaired) electrons. The Morgan fingerprint density at radius 2 is 0.688 bits per heavy atom. The van der Waals surface area contributed by atoms with Crippen molar-refractivity contribution in [3.05, 3.63) is 0 Å². The second-order valence-corrected chi connectivity index (χ2v) is 7.19. The van der Waals surface area contributed by atoms with Crippen LogP contribution in [0, 0.1) is 0 Å². The van der Waals surface area contributed by atoms with Crippen molar-refractivity contribution in [1.82, 2.24) is 0 Å². The van der Waals surface area contributed by atoms with E-state index in [4.69, 9.17) is 15.1 Å². The first-order chi connectivity index (χ1) is 7.41. The average molecular weight is 284 g/mol. The van der Waals surface area contributed by atoms with Gasteiger partial charge in [-0.2, -0.15) is 0 Å². The second kappa shape index (κ2) is 10.2. The molecule has 3 unspecified atom stereocenters. The van der Waals surface area contributed by atoms with Crippen molar-refractivity contribution < 1.29 is 15.1 Å². The van der Waals surface area contributed by atoms with Gasteiger partial charge in [0, 0.05) is 0 Å². The van der Waals surface area contributed by atoms with Crippen molar-refractivity contribution in [2.24, 2.45) is 0 Å². The molecule has 3 nitrogen and oxygen atoms in total. The van der Waals surface area contributed by atoms with Gasteiger partial charge in [0.2, 0.25) is 0 Å². The van der Waals surface area contributed by atoms with Crippen LogP contribution in [0.25, 0.3) is 0 Å². The van der Waals surface area contributed by atoms with Crippen LogP contribution in [0.2, 0.25) is 0 Å². The lowest BCUT2D eigenvalue weighted by Crippen LogP contribution is -2.07. The highest BCUT2D eigenvalue weighted by molar-refractivity contribution is 7.18. The molecule has 3 fully saturated rings. The van der Waals surface area contributed by atoms with E-state index in [1.807, 2.05) is 0 Å². The minimum absolute atomic E-state index is 1.00. The minimum Gasteiger partial charge on any atom is -0.402 e. The lowest BCUT2D eigenvalue weighted by Gasteiger charge is -1.69. The molecule has 3 saturated carbocycles. The molecule has 7 heteroatoms. The monoisotopic (exact) mass is 284 g/mol. The fourth-order valence-electron chi connectivity index (χ4n) is 0.289. The van der Waals surface area contributed by atoms with Crippen LogP contribution in [0.15, 0.2) is 0 Å². The van der Waals surface area contributed by atoms with Gasteiger partial charge < -0.3 is 15.1 Å². The first kappa shape index (κ1) is 17.2. The van der Waals surface area contributed by atoms with Gasteiger partial charge in [-0.3, -0.25) is 0 Å². The third kappa shape index (κ3) is 29.5. The molecule has 16 heavy (non-hydrogen) atoms. The highest BCUT2D eigenvalue weighted by Crippen LogP contribution is 2.28. The predicted octanol–water partition coefficient (Wildman–Crippen LogP) is 1.02. The molecule has 3 N–H and O–H groups in total. The fraction of sp³-hybridized carbons (Fsp3) is 1.00.